The molecule has 0 bridgehead atoms. The Kier molecular flexibility index (Phi) is 8.77. The molecule has 1 aromatic carbocycles. The van der Waals surface area contributed by atoms with Crippen LogP contribution < -0.4 is 10.6 Å². The van der Waals surface area contributed by atoms with Gasteiger partial charge in [0.2, 0.25) is 5.91 Å². The minimum absolute atomic E-state index is 0.0437. The molecule has 2 atom stereocenters. The maximum absolute atomic E-state index is 13.7. The average Bonchev–Trinajstić information content (AvgIpc) is 2.80. The second kappa shape index (κ2) is 11.2. The molecule has 5 nitrogen and oxygen atoms in total. The van der Waals surface area contributed by atoms with E-state index in [0.717, 1.165) is 12.5 Å². The van der Waals surface area contributed by atoms with Crippen LogP contribution in [0, 0.1) is 11.8 Å². The molecule has 2 aliphatic rings. The highest BCUT2D eigenvalue weighted by molar-refractivity contribution is 5.94. The van der Waals surface area contributed by atoms with Crippen molar-refractivity contribution in [1.29, 1.82) is 0 Å². The van der Waals surface area contributed by atoms with E-state index in [1.165, 1.54) is 19.3 Å². The first-order chi connectivity index (χ1) is 16.3. The van der Waals surface area contributed by atoms with Gasteiger partial charge in [0.1, 0.15) is 0 Å². The number of carbonyl (C=O) groups is 2. The van der Waals surface area contributed by atoms with Crippen molar-refractivity contribution in [3.05, 3.63) is 34.9 Å². The molecule has 0 spiro atoms. The zero-order valence-electron chi connectivity index (χ0n) is 20.2. The van der Waals surface area contributed by atoms with Gasteiger partial charge in [0.05, 0.1) is 12.1 Å². The molecule has 196 valence electrons. The van der Waals surface area contributed by atoms with Gasteiger partial charge in [-0.15, -0.1) is 0 Å². The Bertz CT molecular complexity index is 860. The number of halogens is 5. The third-order valence-corrected chi connectivity index (χ3v) is 7.17. The largest absolute Gasteiger partial charge is 0.416 e. The second-order valence-electron chi connectivity index (χ2n) is 9.97. The van der Waals surface area contributed by atoms with E-state index in [1.807, 2.05) is 0 Å². The maximum atomic E-state index is 13.7. The number of benzene rings is 1. The Balaban J connectivity index is 1.49. The number of likely N-dealkylation sites (tertiary alicyclic amines) is 1. The van der Waals surface area contributed by atoms with Crippen molar-refractivity contribution in [2.45, 2.75) is 70.5 Å². The zero-order valence-corrected chi connectivity index (χ0v) is 20.2. The number of rotatable bonds is 7. The van der Waals surface area contributed by atoms with E-state index in [4.69, 9.17) is 0 Å². The first kappa shape index (κ1) is 27.4. The van der Waals surface area contributed by atoms with Crippen molar-refractivity contribution in [2.75, 3.05) is 26.2 Å². The molecule has 10 heteroatoms. The molecule has 1 heterocycles. The van der Waals surface area contributed by atoms with Gasteiger partial charge in [0.15, 0.2) is 0 Å². The van der Waals surface area contributed by atoms with Crippen molar-refractivity contribution >= 4 is 11.8 Å². The lowest BCUT2D eigenvalue weighted by Crippen LogP contribution is -2.47. The topological polar surface area (TPSA) is 61.4 Å². The van der Waals surface area contributed by atoms with Gasteiger partial charge in [-0.2, -0.15) is 13.2 Å². The fraction of sp³-hybridized carbons (Fsp3) is 0.680. The van der Waals surface area contributed by atoms with Crippen LogP contribution in [0.25, 0.3) is 0 Å². The van der Waals surface area contributed by atoms with Crippen molar-refractivity contribution in [2.24, 2.45) is 11.8 Å². The number of hydrogen-bond acceptors (Lipinski definition) is 3. The van der Waals surface area contributed by atoms with Crippen molar-refractivity contribution in [1.82, 2.24) is 15.5 Å². The van der Waals surface area contributed by atoms with Crippen LogP contribution in [0.1, 0.15) is 73.9 Å². The van der Waals surface area contributed by atoms with Crippen molar-refractivity contribution in [3.8, 4) is 0 Å². The maximum Gasteiger partial charge on any atom is 0.416 e. The Morgan fingerprint density at radius 1 is 0.971 bits per heavy atom. The molecular formula is C25H34F5N3O2. The first-order valence-corrected chi connectivity index (χ1v) is 12.2. The van der Waals surface area contributed by atoms with E-state index in [1.54, 1.807) is 4.90 Å². The quantitative estimate of drug-likeness (QED) is 0.518. The van der Waals surface area contributed by atoms with Gasteiger partial charge < -0.3 is 15.5 Å². The molecule has 35 heavy (non-hydrogen) atoms. The zero-order chi connectivity index (χ0) is 25.8. The van der Waals surface area contributed by atoms with Crippen LogP contribution in [0.3, 0.4) is 0 Å². The van der Waals surface area contributed by atoms with Gasteiger partial charge in [-0.25, -0.2) is 8.78 Å². The first-order valence-electron chi connectivity index (χ1n) is 12.2. The summed E-state index contributed by atoms with van der Waals surface area (Å²) in [6.07, 6.45) is 1.11. The van der Waals surface area contributed by atoms with Crippen LogP contribution in [0.5, 0.6) is 0 Å². The van der Waals surface area contributed by atoms with E-state index in [2.05, 4.69) is 17.6 Å². The van der Waals surface area contributed by atoms with E-state index in [-0.39, 0.29) is 18.4 Å². The number of alkyl halides is 5. The fourth-order valence-electron chi connectivity index (χ4n) is 4.85. The van der Waals surface area contributed by atoms with E-state index >= 15 is 0 Å². The standard InChI is InChI=1S/C25H34F5N3O2/c1-16-5-3-4-6-21(16)31-15-22(34)33-9-7-17(8-10-33)14-32-23(35)18-11-19(24(2,26)27)13-20(12-18)25(28,29)30/h11-13,16-17,21,31H,3-10,14-15H2,1-2H3,(H,32,35). The Hall–Kier alpha value is -2.23. The molecule has 2 fully saturated rings. The number of amides is 2. The number of nitrogens with zero attached hydrogens (tertiary/aromatic N) is 1. The number of hydrogen-bond donors (Lipinski definition) is 2. The summed E-state index contributed by atoms with van der Waals surface area (Å²) in [7, 11) is 0. The molecule has 0 aromatic heterocycles. The lowest BCUT2D eigenvalue weighted by molar-refractivity contribution is -0.137. The highest BCUT2D eigenvalue weighted by atomic mass is 19.4. The van der Waals surface area contributed by atoms with Crippen LogP contribution in [-0.4, -0.2) is 48.9 Å². The molecule has 2 amide bonds. The third kappa shape index (κ3) is 7.62. The number of nitrogens with one attached hydrogen (secondary N) is 2. The second-order valence-corrected chi connectivity index (χ2v) is 9.97. The molecule has 3 rings (SSSR count). The molecule has 1 aliphatic heterocycles. The predicted molar refractivity (Wildman–Crippen MR) is 122 cm³/mol. The van der Waals surface area contributed by atoms with E-state index in [9.17, 15) is 31.5 Å². The highest BCUT2D eigenvalue weighted by Gasteiger charge is 2.35. The summed E-state index contributed by atoms with van der Waals surface area (Å²) in [5.41, 5.74) is -2.60. The predicted octanol–water partition coefficient (Wildman–Crippen LogP) is 4.95. The molecule has 0 radical (unpaired) electrons. The summed E-state index contributed by atoms with van der Waals surface area (Å²) in [6.45, 7) is 4.27. The van der Waals surface area contributed by atoms with Crippen LogP contribution in [0.15, 0.2) is 18.2 Å². The monoisotopic (exact) mass is 503 g/mol. The molecule has 1 saturated carbocycles. The summed E-state index contributed by atoms with van der Waals surface area (Å²) in [6, 6.07) is 2.12. The van der Waals surface area contributed by atoms with Gasteiger partial charge in [-0.3, -0.25) is 9.59 Å². The summed E-state index contributed by atoms with van der Waals surface area (Å²) in [5, 5.41) is 5.96. The van der Waals surface area contributed by atoms with Crippen LogP contribution >= 0.6 is 0 Å². The smallest absolute Gasteiger partial charge is 0.352 e. The van der Waals surface area contributed by atoms with Crippen molar-refractivity contribution in [3.63, 3.8) is 0 Å². The molecular weight excluding hydrogens is 469 g/mol. The van der Waals surface area contributed by atoms with E-state index in [0.29, 0.717) is 63.5 Å². The molecule has 1 aromatic rings. The van der Waals surface area contributed by atoms with Crippen LogP contribution in [0.2, 0.25) is 0 Å². The SMILES string of the molecule is CC1CCCCC1NCC(=O)N1CCC(CNC(=O)c2cc(C(C)(F)F)cc(C(F)(F)F)c2)CC1. The Morgan fingerprint density at radius 3 is 2.20 bits per heavy atom. The molecule has 1 saturated heterocycles. The number of piperidine rings is 1. The number of carbonyl (C=O) groups excluding carboxylic acids is 2. The fourth-order valence-corrected chi connectivity index (χ4v) is 4.85. The van der Waals surface area contributed by atoms with Gasteiger partial charge >= 0.3 is 6.18 Å². The van der Waals surface area contributed by atoms with Gasteiger partial charge in [-0.1, -0.05) is 19.8 Å². The van der Waals surface area contributed by atoms with Gasteiger partial charge in [0, 0.05) is 43.7 Å². The minimum atomic E-state index is -4.85. The van der Waals surface area contributed by atoms with Gasteiger partial charge in [-0.05, 0) is 55.7 Å². The van der Waals surface area contributed by atoms with Crippen LogP contribution in [0.4, 0.5) is 22.0 Å². The normalized spacial score (nSPS) is 22.2. The Morgan fingerprint density at radius 2 is 1.60 bits per heavy atom. The highest BCUT2D eigenvalue weighted by Crippen LogP contribution is 2.35. The van der Waals surface area contributed by atoms with Gasteiger partial charge in [0.25, 0.3) is 11.8 Å². The molecule has 2 N–H and O–H groups in total. The Labute approximate surface area is 202 Å². The lowest BCUT2D eigenvalue weighted by Gasteiger charge is -2.34. The average molecular weight is 504 g/mol. The molecule has 2 unspecified atom stereocenters. The lowest BCUT2D eigenvalue weighted by atomic mass is 9.86. The van der Waals surface area contributed by atoms with Crippen LogP contribution in [-0.2, 0) is 16.9 Å². The summed E-state index contributed by atoms with van der Waals surface area (Å²) < 4.78 is 66.8. The van der Waals surface area contributed by atoms with E-state index < -0.39 is 34.7 Å². The summed E-state index contributed by atoms with van der Waals surface area (Å²) >= 11 is 0. The summed E-state index contributed by atoms with van der Waals surface area (Å²) in [4.78, 5) is 26.8. The third-order valence-electron chi connectivity index (χ3n) is 7.17. The minimum Gasteiger partial charge on any atom is -0.352 e. The summed E-state index contributed by atoms with van der Waals surface area (Å²) in [5.74, 6) is -3.69. The van der Waals surface area contributed by atoms with Crippen molar-refractivity contribution < 1.29 is 31.5 Å². The molecule has 1 aliphatic carbocycles.